The normalized spacial score (nSPS) is 16.1. The van der Waals surface area contributed by atoms with Gasteiger partial charge in [-0.3, -0.25) is 4.72 Å². The van der Waals surface area contributed by atoms with Gasteiger partial charge in [-0.15, -0.1) is 0 Å². The molecule has 7 nitrogen and oxygen atoms in total. The van der Waals surface area contributed by atoms with E-state index in [-0.39, 0.29) is 11.1 Å². The van der Waals surface area contributed by atoms with E-state index in [1.807, 2.05) is 29.9 Å². The van der Waals surface area contributed by atoms with Crippen LogP contribution in [0.15, 0.2) is 72.1 Å². The van der Waals surface area contributed by atoms with E-state index in [1.54, 1.807) is 24.4 Å². The Hall–Kier alpha value is -3.39. The molecule has 4 heterocycles. The molecule has 4 aromatic rings. The minimum absolute atomic E-state index is 0.0159. The highest BCUT2D eigenvalue weighted by Gasteiger charge is 2.31. The largest absolute Gasteiger partial charge is 0.367 e. The third-order valence-corrected chi connectivity index (χ3v) is 6.94. The summed E-state index contributed by atoms with van der Waals surface area (Å²) in [6.07, 6.45) is 5.99. The molecule has 0 saturated carbocycles. The molecule has 0 fully saturated rings. The van der Waals surface area contributed by atoms with Crippen LogP contribution in [0.1, 0.15) is 17.2 Å². The van der Waals surface area contributed by atoms with Crippen molar-refractivity contribution in [2.24, 2.45) is 7.05 Å². The maximum atomic E-state index is 12.9. The zero-order chi connectivity index (χ0) is 20.9. The van der Waals surface area contributed by atoms with Crippen molar-refractivity contribution in [2.45, 2.75) is 17.5 Å². The number of likely N-dealkylation sites (N-methyl/N-ethyl adjacent to an activating group) is 1. The van der Waals surface area contributed by atoms with E-state index in [0.29, 0.717) is 5.69 Å². The Morgan fingerprint density at radius 3 is 2.57 bits per heavy atom. The molecule has 1 N–H and O–H groups in total. The molecule has 1 atom stereocenters. The zero-order valence-corrected chi connectivity index (χ0v) is 17.5. The van der Waals surface area contributed by atoms with Crippen LogP contribution in [-0.4, -0.2) is 30.0 Å². The third-order valence-electron chi connectivity index (χ3n) is 5.66. The molecule has 152 valence electrons. The number of hydrogen-bond donors (Lipinski definition) is 1. The predicted octanol–water partition coefficient (Wildman–Crippen LogP) is 3.50. The highest BCUT2D eigenvalue weighted by molar-refractivity contribution is 7.92. The summed E-state index contributed by atoms with van der Waals surface area (Å²) in [6, 6.07) is 15.0. The monoisotopic (exact) mass is 419 g/mol. The van der Waals surface area contributed by atoms with E-state index in [1.165, 1.54) is 23.5 Å². The van der Waals surface area contributed by atoms with E-state index in [9.17, 15) is 8.42 Å². The van der Waals surface area contributed by atoms with Gasteiger partial charge in [-0.1, -0.05) is 24.3 Å². The average Bonchev–Trinajstić information content (AvgIpc) is 3.27. The van der Waals surface area contributed by atoms with Gasteiger partial charge < -0.3 is 9.47 Å². The van der Waals surface area contributed by atoms with E-state index in [0.717, 1.165) is 23.0 Å². The van der Waals surface area contributed by atoms with Crippen LogP contribution in [0.5, 0.6) is 0 Å². The molecule has 0 bridgehead atoms. The second-order valence-electron chi connectivity index (χ2n) is 7.49. The fourth-order valence-corrected chi connectivity index (χ4v) is 5.26. The van der Waals surface area contributed by atoms with Gasteiger partial charge in [-0.2, -0.15) is 8.42 Å². The van der Waals surface area contributed by atoms with Gasteiger partial charge >= 0.3 is 0 Å². The van der Waals surface area contributed by atoms with Crippen LogP contribution in [0, 0.1) is 0 Å². The van der Waals surface area contributed by atoms with Crippen molar-refractivity contribution in [3.63, 3.8) is 0 Å². The molecule has 1 aromatic carbocycles. The summed E-state index contributed by atoms with van der Waals surface area (Å²) in [4.78, 5) is 10.7. The lowest BCUT2D eigenvalue weighted by Gasteiger charge is -2.23. The minimum atomic E-state index is -3.81. The summed E-state index contributed by atoms with van der Waals surface area (Å²) in [6.45, 7) is 0. The highest BCUT2D eigenvalue weighted by Crippen LogP contribution is 2.43. The van der Waals surface area contributed by atoms with Crippen LogP contribution in [0.2, 0.25) is 0 Å². The van der Waals surface area contributed by atoms with Crippen molar-refractivity contribution in [1.29, 1.82) is 0 Å². The van der Waals surface area contributed by atoms with Crippen LogP contribution in [0.25, 0.3) is 11.0 Å². The topological polar surface area (TPSA) is 80.1 Å². The van der Waals surface area contributed by atoms with Crippen LogP contribution in [0.3, 0.4) is 0 Å². The van der Waals surface area contributed by atoms with Gasteiger partial charge in [0.2, 0.25) is 0 Å². The van der Waals surface area contributed by atoms with Crippen molar-refractivity contribution in [1.82, 2.24) is 14.5 Å². The summed E-state index contributed by atoms with van der Waals surface area (Å²) in [5.41, 5.74) is 4.75. The predicted molar refractivity (Wildman–Crippen MR) is 117 cm³/mol. The van der Waals surface area contributed by atoms with Crippen LogP contribution in [0.4, 0.5) is 11.4 Å². The first kappa shape index (κ1) is 18.6. The van der Waals surface area contributed by atoms with Crippen molar-refractivity contribution in [3.8, 4) is 0 Å². The second kappa shape index (κ2) is 6.84. The molecule has 1 unspecified atom stereocenters. The molecule has 5 rings (SSSR count). The number of benzene rings is 1. The maximum absolute atomic E-state index is 12.9. The quantitative estimate of drug-likeness (QED) is 0.548. The van der Waals surface area contributed by atoms with Crippen molar-refractivity contribution >= 4 is 32.4 Å². The molecule has 0 saturated heterocycles. The summed E-state index contributed by atoms with van der Waals surface area (Å²) in [5.74, 6) is 0. The molecule has 8 heteroatoms. The van der Waals surface area contributed by atoms with E-state index in [2.05, 4.69) is 38.8 Å². The molecule has 0 aliphatic carbocycles. The fraction of sp³-hybridized carbons (Fsp3) is 0.182. The number of hydrogen-bond acceptors (Lipinski definition) is 5. The van der Waals surface area contributed by atoms with Crippen molar-refractivity contribution in [3.05, 3.63) is 78.2 Å². The van der Waals surface area contributed by atoms with Gasteiger partial charge in [-0.05, 0) is 36.2 Å². The number of anilines is 2. The van der Waals surface area contributed by atoms with Crippen molar-refractivity contribution < 1.29 is 8.42 Å². The van der Waals surface area contributed by atoms with E-state index in [4.69, 9.17) is 0 Å². The van der Waals surface area contributed by atoms with Crippen LogP contribution < -0.4 is 9.62 Å². The smallest absolute Gasteiger partial charge is 0.279 e. The SMILES string of the molecule is CN1c2ccccc2CC1c1cn(C)c2nccc(NS(=O)(=O)c3ccccn3)c12. The Morgan fingerprint density at radius 1 is 1.00 bits per heavy atom. The van der Waals surface area contributed by atoms with E-state index >= 15 is 0 Å². The van der Waals surface area contributed by atoms with Gasteiger partial charge in [0.1, 0.15) is 5.65 Å². The van der Waals surface area contributed by atoms with E-state index < -0.39 is 10.0 Å². The molecule has 1 aliphatic heterocycles. The number of pyridine rings is 2. The number of nitrogens with one attached hydrogen (secondary N) is 1. The Kier molecular flexibility index (Phi) is 4.25. The molecule has 0 amide bonds. The number of sulfonamides is 1. The molecule has 30 heavy (non-hydrogen) atoms. The minimum Gasteiger partial charge on any atom is -0.367 e. The fourth-order valence-electron chi connectivity index (χ4n) is 4.24. The zero-order valence-electron chi connectivity index (χ0n) is 16.6. The maximum Gasteiger partial charge on any atom is 0.279 e. The second-order valence-corrected chi connectivity index (χ2v) is 9.11. The number of aromatic nitrogens is 3. The van der Waals surface area contributed by atoms with Crippen LogP contribution >= 0.6 is 0 Å². The Labute approximate surface area is 175 Å². The Morgan fingerprint density at radius 2 is 1.80 bits per heavy atom. The number of para-hydroxylation sites is 1. The van der Waals surface area contributed by atoms with Gasteiger partial charge in [0, 0.05) is 49.3 Å². The summed E-state index contributed by atoms with van der Waals surface area (Å²) < 4.78 is 30.5. The van der Waals surface area contributed by atoms with Crippen LogP contribution in [-0.2, 0) is 23.5 Å². The first-order valence-electron chi connectivity index (χ1n) is 9.64. The highest BCUT2D eigenvalue weighted by atomic mass is 32.2. The van der Waals surface area contributed by atoms with Crippen molar-refractivity contribution in [2.75, 3.05) is 16.7 Å². The summed E-state index contributed by atoms with van der Waals surface area (Å²) in [5, 5.41) is 0.794. The summed E-state index contributed by atoms with van der Waals surface area (Å²) in [7, 11) is 0.187. The van der Waals surface area contributed by atoms with Gasteiger partial charge in [0.15, 0.2) is 5.03 Å². The molecule has 0 spiro atoms. The lowest BCUT2D eigenvalue weighted by molar-refractivity contribution is 0.597. The summed E-state index contributed by atoms with van der Waals surface area (Å²) >= 11 is 0. The standard InChI is InChI=1S/C22H21N5O2S/c1-26-14-16(19-13-15-7-3-4-8-18(15)27(19)2)21-17(10-12-24-22(21)26)25-30(28,29)20-9-5-6-11-23-20/h3-12,14,19H,13H2,1-2H3,(H,24,25). The molecular formula is C22H21N5O2S. The first-order chi connectivity index (χ1) is 14.5. The Bertz CT molecular complexity index is 1350. The molecule has 3 aromatic heterocycles. The molecule has 1 aliphatic rings. The molecular weight excluding hydrogens is 398 g/mol. The lowest BCUT2D eigenvalue weighted by Crippen LogP contribution is -2.20. The van der Waals surface area contributed by atoms with Gasteiger partial charge in [-0.25, -0.2) is 9.97 Å². The third kappa shape index (κ3) is 2.91. The first-order valence-corrected chi connectivity index (χ1v) is 11.1. The van der Waals surface area contributed by atoms with Gasteiger partial charge in [0.25, 0.3) is 10.0 Å². The van der Waals surface area contributed by atoms with Gasteiger partial charge in [0.05, 0.1) is 11.7 Å². The number of nitrogens with zero attached hydrogens (tertiary/aromatic N) is 4. The average molecular weight is 420 g/mol. The number of aryl methyl sites for hydroxylation is 1. The molecule has 0 radical (unpaired) electrons. The number of fused-ring (bicyclic) bond motifs is 2. The Balaban J connectivity index is 1.62. The lowest BCUT2D eigenvalue weighted by atomic mass is 10.0. The number of rotatable bonds is 4.